The fraction of sp³-hybridized carbons (Fsp3) is 0.100. The van der Waals surface area contributed by atoms with Crippen LogP contribution in [0, 0.1) is 0 Å². The van der Waals surface area contributed by atoms with E-state index in [1.165, 1.54) is 0 Å². The minimum atomic E-state index is 0.679. The minimum Gasteiger partial charge on any atom is -0.397 e. The van der Waals surface area contributed by atoms with E-state index in [2.05, 4.69) is 15.0 Å². The quantitative estimate of drug-likeness (QED) is 0.795. The maximum Gasteiger partial charge on any atom is 0.0965 e. The van der Waals surface area contributed by atoms with Crippen LogP contribution < -0.4 is 5.73 Å². The number of anilines is 1. The zero-order chi connectivity index (χ0) is 10.5. The van der Waals surface area contributed by atoms with Crippen molar-refractivity contribution in [2.75, 3.05) is 5.73 Å². The molecule has 2 rings (SSSR count). The molecule has 0 radical (unpaired) electrons. The highest BCUT2D eigenvalue weighted by Gasteiger charge is 1.98. The Morgan fingerprint density at radius 3 is 2.73 bits per heavy atom. The van der Waals surface area contributed by atoms with Crippen LogP contribution in [0.4, 0.5) is 5.69 Å². The minimum absolute atomic E-state index is 0.679. The molecule has 0 saturated heterocycles. The van der Waals surface area contributed by atoms with Gasteiger partial charge in [0.05, 0.1) is 22.6 Å². The highest BCUT2D eigenvalue weighted by atomic mass is 32.2. The molecule has 2 aromatic rings. The summed E-state index contributed by atoms with van der Waals surface area (Å²) in [7, 11) is 0. The predicted molar refractivity (Wildman–Crippen MR) is 60.2 cm³/mol. The summed E-state index contributed by atoms with van der Waals surface area (Å²) in [6.45, 7) is 0. The van der Waals surface area contributed by atoms with Gasteiger partial charge < -0.3 is 5.73 Å². The molecule has 2 aromatic heterocycles. The predicted octanol–water partition coefficient (Wildman–Crippen LogP) is 1.75. The van der Waals surface area contributed by atoms with Crippen LogP contribution in [0.2, 0.25) is 0 Å². The Kier molecular flexibility index (Phi) is 3.14. The third-order valence-electron chi connectivity index (χ3n) is 1.74. The van der Waals surface area contributed by atoms with Crippen molar-refractivity contribution in [1.82, 2.24) is 15.0 Å². The van der Waals surface area contributed by atoms with E-state index in [0.717, 1.165) is 16.5 Å². The summed E-state index contributed by atoms with van der Waals surface area (Å²) in [5.41, 5.74) is 7.16. The molecule has 0 amide bonds. The first-order valence-corrected chi connectivity index (χ1v) is 5.42. The van der Waals surface area contributed by atoms with Crippen LogP contribution in [0.15, 0.2) is 41.9 Å². The molecule has 15 heavy (non-hydrogen) atoms. The second-order valence-corrected chi connectivity index (χ2v) is 3.91. The molecule has 0 aliphatic rings. The Morgan fingerprint density at radius 2 is 2.07 bits per heavy atom. The number of aromatic nitrogens is 3. The molecule has 0 bridgehead atoms. The average molecular weight is 218 g/mol. The smallest absolute Gasteiger partial charge is 0.0965 e. The lowest BCUT2D eigenvalue weighted by molar-refractivity contribution is 1.09. The van der Waals surface area contributed by atoms with Crippen LogP contribution in [-0.4, -0.2) is 15.0 Å². The zero-order valence-electron chi connectivity index (χ0n) is 8.00. The second kappa shape index (κ2) is 4.75. The van der Waals surface area contributed by atoms with Gasteiger partial charge in [-0.1, -0.05) is 11.8 Å². The highest BCUT2D eigenvalue weighted by Crippen LogP contribution is 2.19. The van der Waals surface area contributed by atoms with Gasteiger partial charge in [-0.25, -0.2) is 4.98 Å². The lowest BCUT2D eigenvalue weighted by Crippen LogP contribution is -1.89. The summed E-state index contributed by atoms with van der Waals surface area (Å²) in [4.78, 5) is 12.4. The number of hydrogen-bond donors (Lipinski definition) is 1. The van der Waals surface area contributed by atoms with Gasteiger partial charge in [-0.2, -0.15) is 0 Å². The Labute approximate surface area is 92.0 Å². The van der Waals surface area contributed by atoms with Crippen molar-refractivity contribution in [3.8, 4) is 0 Å². The first kappa shape index (κ1) is 9.92. The maximum atomic E-state index is 5.54. The topological polar surface area (TPSA) is 64.7 Å². The number of nitrogens with two attached hydrogens (primary N) is 1. The molecular weight excluding hydrogens is 208 g/mol. The first-order chi connectivity index (χ1) is 7.34. The normalized spacial score (nSPS) is 10.1. The van der Waals surface area contributed by atoms with Gasteiger partial charge in [0, 0.05) is 24.3 Å². The van der Waals surface area contributed by atoms with Gasteiger partial charge in [0.2, 0.25) is 0 Å². The van der Waals surface area contributed by atoms with E-state index < -0.39 is 0 Å². The van der Waals surface area contributed by atoms with Crippen molar-refractivity contribution in [2.24, 2.45) is 0 Å². The van der Waals surface area contributed by atoms with Crippen LogP contribution in [0.5, 0.6) is 0 Å². The van der Waals surface area contributed by atoms with Crippen LogP contribution in [0.25, 0.3) is 0 Å². The second-order valence-electron chi connectivity index (χ2n) is 2.92. The Balaban J connectivity index is 1.96. The van der Waals surface area contributed by atoms with Gasteiger partial charge in [-0.15, -0.1) is 0 Å². The summed E-state index contributed by atoms with van der Waals surface area (Å²) in [5.74, 6) is 0.769. The molecule has 0 aliphatic carbocycles. The van der Waals surface area contributed by atoms with Gasteiger partial charge in [0.25, 0.3) is 0 Å². The number of pyridine rings is 1. The largest absolute Gasteiger partial charge is 0.397 e. The number of rotatable bonds is 3. The monoisotopic (exact) mass is 218 g/mol. The molecule has 0 atom stereocenters. The third kappa shape index (κ3) is 2.92. The van der Waals surface area contributed by atoms with Crippen molar-refractivity contribution in [2.45, 2.75) is 10.8 Å². The molecule has 4 nitrogen and oxygen atoms in total. The first-order valence-electron chi connectivity index (χ1n) is 4.44. The molecule has 2 N–H and O–H groups in total. The van der Waals surface area contributed by atoms with Gasteiger partial charge in [0.1, 0.15) is 0 Å². The molecule has 0 aromatic carbocycles. The summed E-state index contributed by atoms with van der Waals surface area (Å²) in [6, 6.07) is 3.74. The molecule has 0 saturated carbocycles. The van der Waals surface area contributed by atoms with Gasteiger partial charge in [0.15, 0.2) is 0 Å². The Bertz CT molecular complexity index is 415. The van der Waals surface area contributed by atoms with Crippen molar-refractivity contribution in [3.05, 3.63) is 42.6 Å². The van der Waals surface area contributed by atoms with Crippen LogP contribution in [0.1, 0.15) is 5.69 Å². The van der Waals surface area contributed by atoms with Crippen LogP contribution in [0.3, 0.4) is 0 Å². The SMILES string of the molecule is Nc1ccc(SCc2cnccn2)nc1. The number of nitrogen functional groups attached to an aromatic ring is 1. The van der Waals surface area contributed by atoms with Gasteiger partial charge >= 0.3 is 0 Å². The summed E-state index contributed by atoms with van der Waals surface area (Å²) in [6.07, 6.45) is 6.76. The Morgan fingerprint density at radius 1 is 1.13 bits per heavy atom. The van der Waals surface area contributed by atoms with Crippen molar-refractivity contribution >= 4 is 17.4 Å². The lowest BCUT2D eigenvalue weighted by Gasteiger charge is -2.00. The summed E-state index contributed by atoms with van der Waals surface area (Å²) in [5, 5.41) is 0.940. The lowest BCUT2D eigenvalue weighted by atomic mass is 10.4. The molecule has 0 unspecified atom stereocenters. The molecular formula is C10H10N4S. The van der Waals surface area contributed by atoms with Crippen molar-refractivity contribution in [1.29, 1.82) is 0 Å². The van der Waals surface area contributed by atoms with E-state index in [-0.39, 0.29) is 0 Å². The van der Waals surface area contributed by atoms with Crippen molar-refractivity contribution < 1.29 is 0 Å². The van der Waals surface area contributed by atoms with Gasteiger partial charge in [-0.3, -0.25) is 9.97 Å². The van der Waals surface area contributed by atoms with Gasteiger partial charge in [-0.05, 0) is 12.1 Å². The standard InChI is InChI=1S/C10H10N4S/c11-8-1-2-10(14-5-8)15-7-9-6-12-3-4-13-9/h1-6H,7,11H2. The Hall–Kier alpha value is -1.62. The molecule has 0 spiro atoms. The average Bonchev–Trinajstić information content (AvgIpc) is 2.30. The molecule has 2 heterocycles. The number of thioether (sulfide) groups is 1. The fourth-order valence-electron chi connectivity index (χ4n) is 1.03. The van der Waals surface area contributed by atoms with Crippen LogP contribution >= 0.6 is 11.8 Å². The number of hydrogen-bond acceptors (Lipinski definition) is 5. The molecule has 0 fully saturated rings. The fourth-order valence-corrected chi connectivity index (χ4v) is 1.77. The zero-order valence-corrected chi connectivity index (χ0v) is 8.81. The van der Waals surface area contributed by atoms with E-state index >= 15 is 0 Å². The molecule has 5 heteroatoms. The van der Waals surface area contributed by atoms with E-state index in [1.807, 2.05) is 12.1 Å². The van der Waals surface area contributed by atoms with Crippen molar-refractivity contribution in [3.63, 3.8) is 0 Å². The summed E-state index contributed by atoms with van der Waals surface area (Å²) >= 11 is 1.61. The van der Waals surface area contributed by atoms with E-state index in [0.29, 0.717) is 5.69 Å². The molecule has 0 aliphatic heterocycles. The van der Waals surface area contributed by atoms with E-state index in [9.17, 15) is 0 Å². The summed E-state index contributed by atoms with van der Waals surface area (Å²) < 4.78 is 0. The number of nitrogens with zero attached hydrogens (tertiary/aromatic N) is 3. The molecule has 76 valence electrons. The van der Waals surface area contributed by atoms with E-state index in [4.69, 9.17) is 5.73 Å². The highest BCUT2D eigenvalue weighted by molar-refractivity contribution is 7.98. The third-order valence-corrected chi connectivity index (χ3v) is 2.72. The van der Waals surface area contributed by atoms with E-state index in [1.54, 1.807) is 36.5 Å². The van der Waals surface area contributed by atoms with Crippen LogP contribution in [-0.2, 0) is 5.75 Å². The maximum absolute atomic E-state index is 5.54.